The summed E-state index contributed by atoms with van der Waals surface area (Å²) in [6.07, 6.45) is 0. The highest BCUT2D eigenvalue weighted by atomic mass is 79.9. The number of esters is 1. The minimum Gasteiger partial charge on any atom is -0.492 e. The second kappa shape index (κ2) is 12.3. The van der Waals surface area contributed by atoms with E-state index in [-0.39, 0.29) is 27.1 Å². The molecule has 2 amide bonds. The number of ether oxygens (including phenoxy) is 2. The Kier molecular flexibility index (Phi) is 9.37. The molecular weight excluding hydrogens is 577 g/mol. The van der Waals surface area contributed by atoms with Gasteiger partial charge in [0.25, 0.3) is 0 Å². The number of nitrogens with one attached hydrogen (secondary N) is 2. The van der Waals surface area contributed by atoms with Crippen LogP contribution in [-0.2, 0) is 19.1 Å². The number of halogens is 3. The van der Waals surface area contributed by atoms with Gasteiger partial charge in [-0.05, 0) is 42.8 Å². The standard InChI is InChI=1S/C24H20BrClFN3O5S/c1-3-35-18-7-4-12(8-15(18)26)20-14(10-28)23(30-22(32)21(20)24(33)34-2)36-11-19(31)29-17-6-5-13(25)9-16(17)27/h4-9,20-21H,3,11H2,1-2H3,(H,29,31)(H,30,32)/t20-,21-/m0/s1. The van der Waals surface area contributed by atoms with E-state index in [0.717, 1.165) is 18.9 Å². The fourth-order valence-corrected chi connectivity index (χ4v) is 5.00. The van der Waals surface area contributed by atoms with Crippen LogP contribution in [0.5, 0.6) is 5.75 Å². The first-order valence-electron chi connectivity index (χ1n) is 10.5. The largest absolute Gasteiger partial charge is 0.492 e. The summed E-state index contributed by atoms with van der Waals surface area (Å²) < 4.78 is 24.8. The van der Waals surface area contributed by atoms with Gasteiger partial charge in [-0.3, -0.25) is 14.4 Å². The number of hydrogen-bond donors (Lipinski definition) is 2. The Morgan fingerprint density at radius 1 is 1.31 bits per heavy atom. The van der Waals surface area contributed by atoms with E-state index in [1.165, 1.54) is 18.2 Å². The highest BCUT2D eigenvalue weighted by molar-refractivity contribution is 9.10. The van der Waals surface area contributed by atoms with Crippen molar-refractivity contribution in [3.05, 3.63) is 67.9 Å². The number of benzene rings is 2. The Hall–Kier alpha value is -3.07. The number of hydrogen-bond acceptors (Lipinski definition) is 7. The molecule has 0 saturated heterocycles. The molecule has 0 saturated carbocycles. The summed E-state index contributed by atoms with van der Waals surface area (Å²) >= 11 is 10.3. The highest BCUT2D eigenvalue weighted by Gasteiger charge is 2.44. The smallest absolute Gasteiger partial charge is 0.319 e. The number of amides is 2. The van der Waals surface area contributed by atoms with Gasteiger partial charge in [0.1, 0.15) is 17.5 Å². The number of carbonyl (C=O) groups is 3. The van der Waals surface area contributed by atoms with Crippen molar-refractivity contribution < 1.29 is 28.2 Å². The van der Waals surface area contributed by atoms with Gasteiger partial charge in [0.05, 0.1) is 46.9 Å². The number of thioether (sulfide) groups is 1. The number of rotatable bonds is 8. The Bertz CT molecular complexity index is 1280. The zero-order chi connectivity index (χ0) is 26.4. The fourth-order valence-electron chi connectivity index (χ4n) is 3.58. The lowest BCUT2D eigenvalue weighted by Crippen LogP contribution is -2.44. The van der Waals surface area contributed by atoms with Crippen molar-refractivity contribution in [1.29, 1.82) is 5.26 Å². The first kappa shape index (κ1) is 27.5. The van der Waals surface area contributed by atoms with Crippen molar-refractivity contribution in [2.75, 3.05) is 24.8 Å². The third kappa shape index (κ3) is 6.19. The molecule has 0 radical (unpaired) electrons. The fraction of sp³-hybridized carbons (Fsp3) is 0.250. The number of carbonyl (C=O) groups excluding carboxylic acids is 3. The molecule has 2 atom stereocenters. The number of anilines is 1. The van der Waals surface area contributed by atoms with E-state index in [1.54, 1.807) is 25.1 Å². The van der Waals surface area contributed by atoms with Gasteiger partial charge in [0.2, 0.25) is 11.8 Å². The molecule has 0 unspecified atom stereocenters. The molecule has 0 aromatic heterocycles. The minimum atomic E-state index is -1.35. The quantitative estimate of drug-likeness (QED) is 0.334. The second-order valence-electron chi connectivity index (χ2n) is 7.41. The molecule has 0 bridgehead atoms. The van der Waals surface area contributed by atoms with Crippen molar-refractivity contribution in [2.24, 2.45) is 5.92 Å². The summed E-state index contributed by atoms with van der Waals surface area (Å²) in [6.45, 7) is 2.18. The van der Waals surface area contributed by atoms with Gasteiger partial charge in [0, 0.05) is 10.4 Å². The SMILES string of the molecule is CCOc1ccc([C@H]2C(C#N)=C(SCC(=O)Nc3ccc(Br)cc3F)NC(=O)[C@H]2C(=O)OC)cc1Cl. The summed E-state index contributed by atoms with van der Waals surface area (Å²) in [4.78, 5) is 37.9. The van der Waals surface area contributed by atoms with Crippen molar-refractivity contribution in [2.45, 2.75) is 12.8 Å². The summed E-state index contributed by atoms with van der Waals surface area (Å²) in [5, 5.41) is 15.3. The molecule has 36 heavy (non-hydrogen) atoms. The van der Waals surface area contributed by atoms with Crippen LogP contribution >= 0.6 is 39.3 Å². The van der Waals surface area contributed by atoms with Crippen molar-refractivity contribution in [3.63, 3.8) is 0 Å². The Morgan fingerprint density at radius 2 is 2.06 bits per heavy atom. The molecule has 0 aliphatic carbocycles. The monoisotopic (exact) mass is 595 g/mol. The van der Waals surface area contributed by atoms with Gasteiger partial charge >= 0.3 is 5.97 Å². The first-order valence-corrected chi connectivity index (χ1v) is 12.7. The maximum atomic E-state index is 14.0. The molecule has 8 nitrogen and oxygen atoms in total. The van der Waals surface area contributed by atoms with Crippen LogP contribution in [0.25, 0.3) is 0 Å². The molecule has 2 aromatic rings. The first-order chi connectivity index (χ1) is 17.2. The van der Waals surface area contributed by atoms with Crippen LogP contribution in [-0.4, -0.2) is 37.3 Å². The highest BCUT2D eigenvalue weighted by Crippen LogP contribution is 2.42. The van der Waals surface area contributed by atoms with E-state index in [2.05, 4.69) is 26.6 Å². The third-order valence-corrected chi connectivity index (χ3v) is 6.96. The number of nitriles is 1. The maximum Gasteiger partial charge on any atom is 0.319 e. The maximum absolute atomic E-state index is 14.0. The van der Waals surface area contributed by atoms with Gasteiger partial charge in [-0.25, -0.2) is 4.39 Å². The van der Waals surface area contributed by atoms with E-state index in [1.807, 2.05) is 6.07 Å². The normalized spacial score (nSPS) is 17.2. The number of allylic oxidation sites excluding steroid dienone is 1. The lowest BCUT2D eigenvalue weighted by molar-refractivity contribution is -0.150. The van der Waals surface area contributed by atoms with Crippen LogP contribution in [0.4, 0.5) is 10.1 Å². The molecule has 0 fully saturated rings. The summed E-state index contributed by atoms with van der Waals surface area (Å²) in [5.74, 6) is -4.91. The van der Waals surface area contributed by atoms with Gasteiger partial charge in [-0.2, -0.15) is 5.26 Å². The Morgan fingerprint density at radius 3 is 2.67 bits per heavy atom. The number of nitrogens with zero attached hydrogens (tertiary/aromatic N) is 1. The van der Waals surface area contributed by atoms with Gasteiger partial charge in [-0.1, -0.05) is 45.4 Å². The molecule has 1 heterocycles. The molecule has 3 rings (SSSR count). The summed E-state index contributed by atoms with van der Waals surface area (Å²) in [6, 6.07) is 10.9. The zero-order valence-electron chi connectivity index (χ0n) is 19.1. The predicted octanol–water partition coefficient (Wildman–Crippen LogP) is 4.75. The second-order valence-corrected chi connectivity index (χ2v) is 9.71. The molecule has 188 valence electrons. The molecule has 1 aliphatic heterocycles. The summed E-state index contributed by atoms with van der Waals surface area (Å²) in [5.41, 5.74) is 0.459. The minimum absolute atomic E-state index is 0.0152. The topological polar surface area (TPSA) is 118 Å². The molecule has 2 N–H and O–H groups in total. The van der Waals surface area contributed by atoms with Crippen LogP contribution < -0.4 is 15.4 Å². The van der Waals surface area contributed by atoms with Gasteiger partial charge in [0.15, 0.2) is 0 Å². The van der Waals surface area contributed by atoms with Crippen LogP contribution in [0.15, 0.2) is 51.5 Å². The lowest BCUT2D eigenvalue weighted by Gasteiger charge is -2.31. The van der Waals surface area contributed by atoms with Gasteiger partial charge < -0.3 is 20.1 Å². The van der Waals surface area contributed by atoms with Crippen LogP contribution in [0.1, 0.15) is 18.4 Å². The van der Waals surface area contributed by atoms with Crippen LogP contribution in [0.2, 0.25) is 5.02 Å². The van der Waals surface area contributed by atoms with E-state index in [4.69, 9.17) is 21.1 Å². The molecule has 1 aliphatic rings. The average molecular weight is 597 g/mol. The van der Waals surface area contributed by atoms with Crippen molar-refractivity contribution >= 4 is 62.8 Å². The van der Waals surface area contributed by atoms with Crippen LogP contribution in [0, 0.1) is 23.1 Å². The molecule has 12 heteroatoms. The predicted molar refractivity (Wildman–Crippen MR) is 137 cm³/mol. The van der Waals surface area contributed by atoms with E-state index in [0.29, 0.717) is 22.4 Å². The van der Waals surface area contributed by atoms with Crippen molar-refractivity contribution in [3.8, 4) is 11.8 Å². The van der Waals surface area contributed by atoms with E-state index in [9.17, 15) is 24.0 Å². The molecule has 2 aromatic carbocycles. The lowest BCUT2D eigenvalue weighted by atomic mass is 9.78. The Balaban J connectivity index is 1.92. The molecular formula is C24H20BrClFN3O5S. The third-order valence-electron chi connectivity index (χ3n) is 5.15. The van der Waals surface area contributed by atoms with Crippen LogP contribution in [0.3, 0.4) is 0 Å². The average Bonchev–Trinajstić information content (AvgIpc) is 2.84. The van der Waals surface area contributed by atoms with E-state index >= 15 is 0 Å². The zero-order valence-corrected chi connectivity index (χ0v) is 22.2. The van der Waals surface area contributed by atoms with E-state index < -0.39 is 35.4 Å². The summed E-state index contributed by atoms with van der Waals surface area (Å²) in [7, 11) is 1.14. The van der Waals surface area contributed by atoms with Crippen molar-refractivity contribution in [1.82, 2.24) is 5.32 Å². The number of methoxy groups -OCH3 is 1. The van der Waals surface area contributed by atoms with Gasteiger partial charge in [-0.15, -0.1) is 0 Å². The Labute approximate surface area is 224 Å². The molecule has 0 spiro atoms.